The van der Waals surface area contributed by atoms with E-state index in [1.807, 2.05) is 11.7 Å². The number of nitrogens with zero attached hydrogens (tertiary/aromatic N) is 4. The molecule has 0 bridgehead atoms. The van der Waals surface area contributed by atoms with Gasteiger partial charge in [0.2, 0.25) is 0 Å². The molecule has 0 aromatic carbocycles. The molecule has 1 unspecified atom stereocenters. The van der Waals surface area contributed by atoms with Crippen molar-refractivity contribution < 1.29 is 4.74 Å². The van der Waals surface area contributed by atoms with Crippen molar-refractivity contribution in [2.45, 2.75) is 51.1 Å². The molecule has 3 heterocycles. The molecule has 0 aliphatic carbocycles. The Hall–Kier alpha value is -1.07. The van der Waals surface area contributed by atoms with E-state index in [0.717, 1.165) is 55.1 Å². The van der Waals surface area contributed by atoms with Gasteiger partial charge in [-0.2, -0.15) is 5.10 Å². The number of alkyl halides is 1. The lowest BCUT2D eigenvalue weighted by molar-refractivity contribution is 0.00639. The predicted octanol–water partition coefficient (Wildman–Crippen LogP) is 2.64. The van der Waals surface area contributed by atoms with Crippen LogP contribution in [0.15, 0.2) is 0 Å². The maximum absolute atomic E-state index is 6.09. The number of hydrogen-bond acceptors (Lipinski definition) is 3. The van der Waals surface area contributed by atoms with Gasteiger partial charge in [-0.1, -0.05) is 6.92 Å². The van der Waals surface area contributed by atoms with Crippen LogP contribution in [0.5, 0.6) is 0 Å². The fraction of sp³-hybridized carbons (Fsp3) is 0.714. The van der Waals surface area contributed by atoms with Crippen LogP contribution in [-0.4, -0.2) is 31.5 Å². The van der Waals surface area contributed by atoms with E-state index in [0.29, 0.717) is 5.88 Å². The van der Waals surface area contributed by atoms with E-state index in [2.05, 4.69) is 28.5 Å². The minimum Gasteiger partial charge on any atom is -0.373 e. The largest absolute Gasteiger partial charge is 0.373 e. The molecule has 1 atom stereocenters. The van der Waals surface area contributed by atoms with Gasteiger partial charge in [0.15, 0.2) is 5.65 Å². The molecular weight excluding hydrogens is 276 g/mol. The molecule has 20 heavy (non-hydrogen) atoms. The first kappa shape index (κ1) is 13.9. The SMILES string of the molecule is CCc1nn(C)c2c1nc(CCl)n2CC1(C)CCCO1. The number of aryl methyl sites for hydroxylation is 2. The van der Waals surface area contributed by atoms with Crippen LogP contribution in [0.2, 0.25) is 0 Å². The number of imidazole rings is 1. The number of hydrogen-bond donors (Lipinski definition) is 0. The summed E-state index contributed by atoms with van der Waals surface area (Å²) < 4.78 is 10.0. The Bertz CT molecular complexity index is 625. The smallest absolute Gasteiger partial charge is 0.158 e. The molecule has 1 fully saturated rings. The summed E-state index contributed by atoms with van der Waals surface area (Å²) in [4.78, 5) is 4.69. The van der Waals surface area contributed by atoms with Gasteiger partial charge >= 0.3 is 0 Å². The molecule has 3 rings (SSSR count). The first-order chi connectivity index (χ1) is 9.58. The first-order valence-electron chi connectivity index (χ1n) is 7.19. The van der Waals surface area contributed by atoms with Gasteiger partial charge in [0.1, 0.15) is 11.3 Å². The maximum Gasteiger partial charge on any atom is 0.158 e. The summed E-state index contributed by atoms with van der Waals surface area (Å²) in [5.74, 6) is 1.31. The van der Waals surface area contributed by atoms with Gasteiger partial charge in [-0.15, -0.1) is 11.6 Å². The van der Waals surface area contributed by atoms with Crippen LogP contribution < -0.4 is 0 Å². The van der Waals surface area contributed by atoms with Crippen LogP contribution in [0.25, 0.3) is 11.2 Å². The van der Waals surface area contributed by atoms with Crippen LogP contribution in [0.3, 0.4) is 0 Å². The molecule has 2 aromatic rings. The van der Waals surface area contributed by atoms with Gasteiger partial charge in [0.25, 0.3) is 0 Å². The summed E-state index contributed by atoms with van der Waals surface area (Å²) in [7, 11) is 1.97. The van der Waals surface area contributed by atoms with E-state index >= 15 is 0 Å². The van der Waals surface area contributed by atoms with Crippen LogP contribution in [0.1, 0.15) is 38.2 Å². The van der Waals surface area contributed by atoms with E-state index in [1.54, 1.807) is 0 Å². The highest BCUT2D eigenvalue weighted by atomic mass is 35.5. The van der Waals surface area contributed by atoms with Crippen molar-refractivity contribution in [2.75, 3.05) is 6.61 Å². The third-order valence-corrected chi connectivity index (χ3v) is 4.36. The van der Waals surface area contributed by atoms with E-state index in [1.165, 1.54) is 0 Å². The third-order valence-electron chi connectivity index (χ3n) is 4.12. The standard InChI is InChI=1S/C14H21ClN4O/c1-4-10-12-13(18(3)17-10)19(11(8-15)16-12)9-14(2)6-5-7-20-14/h4-9H2,1-3H3. The Morgan fingerprint density at radius 1 is 1.45 bits per heavy atom. The van der Waals surface area contributed by atoms with Crippen molar-refractivity contribution in [3.8, 4) is 0 Å². The quantitative estimate of drug-likeness (QED) is 0.815. The number of aromatic nitrogens is 4. The van der Waals surface area contributed by atoms with Crippen LogP contribution >= 0.6 is 11.6 Å². The molecule has 1 aliphatic heterocycles. The third kappa shape index (κ3) is 2.13. The van der Waals surface area contributed by atoms with E-state index in [-0.39, 0.29) is 5.60 Å². The first-order valence-corrected chi connectivity index (χ1v) is 7.72. The zero-order valence-electron chi connectivity index (χ0n) is 12.3. The van der Waals surface area contributed by atoms with E-state index < -0.39 is 0 Å². The summed E-state index contributed by atoms with van der Waals surface area (Å²) in [5, 5.41) is 4.55. The summed E-state index contributed by atoms with van der Waals surface area (Å²) in [6.45, 7) is 5.90. The minimum atomic E-state index is -0.120. The lowest BCUT2D eigenvalue weighted by Crippen LogP contribution is -2.30. The summed E-state index contributed by atoms with van der Waals surface area (Å²) in [5.41, 5.74) is 2.94. The van der Waals surface area contributed by atoms with Gasteiger partial charge in [0.05, 0.1) is 23.7 Å². The van der Waals surface area contributed by atoms with Crippen LogP contribution in [0.4, 0.5) is 0 Å². The topological polar surface area (TPSA) is 44.9 Å². The van der Waals surface area contributed by atoms with Crippen LogP contribution in [-0.2, 0) is 30.6 Å². The Balaban J connectivity index is 2.10. The summed E-state index contributed by atoms with van der Waals surface area (Å²) in [6.07, 6.45) is 3.08. The van der Waals surface area contributed by atoms with Crippen molar-refractivity contribution in [1.29, 1.82) is 0 Å². The fourth-order valence-corrected chi connectivity index (χ4v) is 3.29. The molecule has 6 heteroatoms. The molecule has 5 nitrogen and oxygen atoms in total. The highest BCUT2D eigenvalue weighted by Gasteiger charge is 2.32. The summed E-state index contributed by atoms with van der Waals surface area (Å²) >= 11 is 6.09. The number of ether oxygens (including phenoxy) is 1. The molecule has 1 aliphatic rings. The molecule has 0 N–H and O–H groups in total. The minimum absolute atomic E-state index is 0.120. The zero-order valence-corrected chi connectivity index (χ0v) is 13.1. The van der Waals surface area contributed by atoms with Crippen molar-refractivity contribution in [2.24, 2.45) is 7.05 Å². The molecule has 0 amide bonds. The second-order valence-electron chi connectivity index (χ2n) is 5.75. The average Bonchev–Trinajstić information content (AvgIpc) is 3.07. The maximum atomic E-state index is 6.09. The lowest BCUT2D eigenvalue weighted by atomic mass is 10.0. The van der Waals surface area contributed by atoms with Crippen molar-refractivity contribution in [3.05, 3.63) is 11.5 Å². The molecule has 110 valence electrons. The summed E-state index contributed by atoms with van der Waals surface area (Å²) in [6, 6.07) is 0. The Labute approximate surface area is 123 Å². The van der Waals surface area contributed by atoms with Gasteiger partial charge < -0.3 is 9.30 Å². The zero-order chi connectivity index (χ0) is 14.3. The van der Waals surface area contributed by atoms with E-state index in [9.17, 15) is 0 Å². The molecule has 1 saturated heterocycles. The second-order valence-corrected chi connectivity index (χ2v) is 6.01. The van der Waals surface area contributed by atoms with Crippen molar-refractivity contribution in [3.63, 3.8) is 0 Å². The molecular formula is C14H21ClN4O. The van der Waals surface area contributed by atoms with Gasteiger partial charge in [-0.3, -0.25) is 4.68 Å². The van der Waals surface area contributed by atoms with E-state index in [4.69, 9.17) is 16.3 Å². The van der Waals surface area contributed by atoms with Gasteiger partial charge in [0, 0.05) is 13.7 Å². The lowest BCUT2D eigenvalue weighted by Gasteiger charge is -2.24. The molecule has 0 spiro atoms. The average molecular weight is 297 g/mol. The molecule has 0 radical (unpaired) electrons. The monoisotopic (exact) mass is 296 g/mol. The Kier molecular flexibility index (Phi) is 3.50. The van der Waals surface area contributed by atoms with Crippen molar-refractivity contribution >= 4 is 22.8 Å². The molecule has 2 aromatic heterocycles. The highest BCUT2D eigenvalue weighted by Crippen LogP contribution is 2.30. The normalized spacial score (nSPS) is 23.0. The van der Waals surface area contributed by atoms with Crippen molar-refractivity contribution in [1.82, 2.24) is 19.3 Å². The predicted molar refractivity (Wildman–Crippen MR) is 79.0 cm³/mol. The number of halogens is 1. The second kappa shape index (κ2) is 5.04. The fourth-order valence-electron chi connectivity index (χ4n) is 3.09. The van der Waals surface area contributed by atoms with Gasteiger partial charge in [-0.05, 0) is 26.2 Å². The highest BCUT2D eigenvalue weighted by molar-refractivity contribution is 6.16. The molecule has 0 saturated carbocycles. The number of fused-ring (bicyclic) bond motifs is 1. The Morgan fingerprint density at radius 2 is 2.25 bits per heavy atom. The Morgan fingerprint density at radius 3 is 2.85 bits per heavy atom. The number of rotatable bonds is 4. The van der Waals surface area contributed by atoms with Gasteiger partial charge in [-0.25, -0.2) is 4.98 Å². The van der Waals surface area contributed by atoms with Crippen LogP contribution in [0, 0.1) is 0 Å².